The average Bonchev–Trinajstić information content (AvgIpc) is 3.37. The molecule has 5 nitrogen and oxygen atoms in total. The first-order valence-electron chi connectivity index (χ1n) is 8.03. The van der Waals surface area contributed by atoms with Gasteiger partial charge in [0.1, 0.15) is 15.7 Å². The molecule has 0 fully saturated rings. The number of pyridine rings is 1. The SMILES string of the molecule is O=C(NCc1nc(-c2ccncc2)cs1)c1csc(-c2cccc(Cl)c2)n1. The van der Waals surface area contributed by atoms with Crippen LogP contribution in [0.25, 0.3) is 21.8 Å². The van der Waals surface area contributed by atoms with Gasteiger partial charge in [-0.05, 0) is 24.3 Å². The van der Waals surface area contributed by atoms with E-state index in [-0.39, 0.29) is 5.91 Å². The van der Waals surface area contributed by atoms with E-state index in [9.17, 15) is 4.79 Å². The minimum Gasteiger partial charge on any atom is -0.344 e. The second kappa shape index (κ2) is 7.96. The van der Waals surface area contributed by atoms with Crippen molar-refractivity contribution >= 4 is 40.2 Å². The van der Waals surface area contributed by atoms with Crippen LogP contribution in [0.15, 0.2) is 59.6 Å². The van der Waals surface area contributed by atoms with Crippen molar-refractivity contribution in [3.8, 4) is 21.8 Å². The maximum absolute atomic E-state index is 12.4. The predicted octanol–water partition coefficient (Wildman–Crippen LogP) is 4.91. The molecule has 3 heterocycles. The van der Waals surface area contributed by atoms with Gasteiger partial charge in [0, 0.05) is 39.3 Å². The Kier molecular flexibility index (Phi) is 5.24. The molecular formula is C19H13ClN4OS2. The van der Waals surface area contributed by atoms with E-state index in [0.717, 1.165) is 26.8 Å². The first-order valence-corrected chi connectivity index (χ1v) is 10.2. The lowest BCUT2D eigenvalue weighted by Crippen LogP contribution is -2.23. The van der Waals surface area contributed by atoms with Crippen LogP contribution >= 0.6 is 34.3 Å². The van der Waals surface area contributed by atoms with Gasteiger partial charge in [-0.1, -0.05) is 23.7 Å². The van der Waals surface area contributed by atoms with Crippen LogP contribution < -0.4 is 5.32 Å². The van der Waals surface area contributed by atoms with E-state index in [1.54, 1.807) is 23.8 Å². The van der Waals surface area contributed by atoms with Gasteiger partial charge in [0.25, 0.3) is 5.91 Å². The molecule has 8 heteroatoms. The zero-order chi connectivity index (χ0) is 18.6. The standard InChI is InChI=1S/C19H13ClN4OS2/c20-14-3-1-2-13(8-14)19-24-16(11-27-19)18(25)22-9-17-23-15(10-26-17)12-4-6-21-7-5-12/h1-8,10-11H,9H2,(H,22,25). The highest BCUT2D eigenvalue weighted by atomic mass is 35.5. The number of nitrogens with one attached hydrogen (secondary N) is 1. The first kappa shape index (κ1) is 17.8. The van der Waals surface area contributed by atoms with E-state index in [1.807, 2.05) is 35.7 Å². The topological polar surface area (TPSA) is 67.8 Å². The van der Waals surface area contributed by atoms with Crippen molar-refractivity contribution in [3.05, 3.63) is 75.3 Å². The Labute approximate surface area is 168 Å². The number of thiazole rings is 2. The molecule has 4 aromatic rings. The van der Waals surface area contributed by atoms with Gasteiger partial charge in [0.05, 0.1) is 12.2 Å². The van der Waals surface area contributed by atoms with Crippen LogP contribution in [0, 0.1) is 0 Å². The summed E-state index contributed by atoms with van der Waals surface area (Å²) < 4.78 is 0. The number of amides is 1. The molecule has 0 aliphatic rings. The molecule has 27 heavy (non-hydrogen) atoms. The lowest BCUT2D eigenvalue weighted by molar-refractivity contribution is 0.0946. The molecule has 0 atom stereocenters. The van der Waals surface area contributed by atoms with Gasteiger partial charge in [-0.15, -0.1) is 22.7 Å². The van der Waals surface area contributed by atoms with Crippen molar-refractivity contribution in [2.75, 3.05) is 0 Å². The summed E-state index contributed by atoms with van der Waals surface area (Å²) in [5, 5.41) is 8.82. The van der Waals surface area contributed by atoms with Crippen LogP contribution in [0.1, 0.15) is 15.5 Å². The number of hydrogen-bond donors (Lipinski definition) is 1. The molecule has 0 aliphatic heterocycles. The molecule has 0 unspecified atom stereocenters. The lowest BCUT2D eigenvalue weighted by atomic mass is 10.2. The molecule has 0 saturated heterocycles. The van der Waals surface area contributed by atoms with Crippen molar-refractivity contribution in [1.29, 1.82) is 0 Å². The number of aromatic nitrogens is 3. The van der Waals surface area contributed by atoms with Gasteiger partial charge in [-0.3, -0.25) is 9.78 Å². The fourth-order valence-corrected chi connectivity index (χ4v) is 4.16. The third-order valence-corrected chi connectivity index (χ3v) is 5.71. The number of hydrogen-bond acceptors (Lipinski definition) is 6. The molecule has 0 bridgehead atoms. The smallest absolute Gasteiger partial charge is 0.271 e. The minimum absolute atomic E-state index is 0.222. The summed E-state index contributed by atoms with van der Waals surface area (Å²) in [6.07, 6.45) is 3.46. The maximum atomic E-state index is 12.4. The molecule has 0 radical (unpaired) electrons. The highest BCUT2D eigenvalue weighted by molar-refractivity contribution is 7.13. The Morgan fingerprint density at radius 2 is 1.89 bits per heavy atom. The number of benzene rings is 1. The van der Waals surface area contributed by atoms with Crippen LogP contribution in [0.2, 0.25) is 5.02 Å². The summed E-state index contributed by atoms with van der Waals surface area (Å²) in [5.41, 5.74) is 3.17. The van der Waals surface area contributed by atoms with E-state index >= 15 is 0 Å². The largest absolute Gasteiger partial charge is 0.344 e. The number of rotatable bonds is 5. The molecule has 0 aliphatic carbocycles. The maximum Gasteiger partial charge on any atom is 0.271 e. The van der Waals surface area contributed by atoms with E-state index in [1.165, 1.54) is 22.7 Å². The molecule has 0 spiro atoms. The van der Waals surface area contributed by atoms with Crippen molar-refractivity contribution in [2.45, 2.75) is 6.54 Å². The van der Waals surface area contributed by atoms with Crippen LogP contribution in [0.3, 0.4) is 0 Å². The van der Waals surface area contributed by atoms with Crippen LogP contribution in [0.4, 0.5) is 0 Å². The number of nitrogens with zero attached hydrogens (tertiary/aromatic N) is 3. The summed E-state index contributed by atoms with van der Waals surface area (Å²) in [6, 6.07) is 11.2. The number of carbonyl (C=O) groups is 1. The molecule has 3 aromatic heterocycles. The Morgan fingerprint density at radius 3 is 2.70 bits per heavy atom. The van der Waals surface area contributed by atoms with Gasteiger partial charge < -0.3 is 5.32 Å². The second-order valence-electron chi connectivity index (χ2n) is 5.59. The van der Waals surface area contributed by atoms with Gasteiger partial charge in [0.2, 0.25) is 0 Å². The zero-order valence-electron chi connectivity index (χ0n) is 13.9. The van der Waals surface area contributed by atoms with Crippen LogP contribution in [-0.4, -0.2) is 20.9 Å². The van der Waals surface area contributed by atoms with Crippen molar-refractivity contribution in [3.63, 3.8) is 0 Å². The summed E-state index contributed by atoms with van der Waals surface area (Å²) in [7, 11) is 0. The zero-order valence-corrected chi connectivity index (χ0v) is 16.3. The lowest BCUT2D eigenvalue weighted by Gasteiger charge is -2.00. The molecule has 4 rings (SSSR count). The quantitative estimate of drug-likeness (QED) is 0.505. The van der Waals surface area contributed by atoms with E-state index in [2.05, 4.69) is 20.3 Å². The summed E-state index contributed by atoms with van der Waals surface area (Å²) in [6.45, 7) is 0.360. The molecule has 134 valence electrons. The Morgan fingerprint density at radius 1 is 1.04 bits per heavy atom. The predicted molar refractivity (Wildman–Crippen MR) is 109 cm³/mol. The van der Waals surface area contributed by atoms with Gasteiger partial charge in [0.15, 0.2) is 0 Å². The van der Waals surface area contributed by atoms with Crippen molar-refractivity contribution in [1.82, 2.24) is 20.3 Å². The fraction of sp³-hybridized carbons (Fsp3) is 0.0526. The van der Waals surface area contributed by atoms with Crippen molar-refractivity contribution < 1.29 is 4.79 Å². The van der Waals surface area contributed by atoms with Crippen molar-refractivity contribution in [2.24, 2.45) is 0 Å². The molecular weight excluding hydrogens is 400 g/mol. The van der Waals surface area contributed by atoms with Crippen LogP contribution in [-0.2, 0) is 6.54 Å². The third kappa shape index (κ3) is 4.21. The Balaban J connectivity index is 1.41. The molecule has 0 saturated carbocycles. The van der Waals surface area contributed by atoms with Gasteiger partial charge in [-0.25, -0.2) is 9.97 Å². The third-order valence-electron chi connectivity index (χ3n) is 3.74. The fourth-order valence-electron chi connectivity index (χ4n) is 2.43. The number of carbonyl (C=O) groups excluding carboxylic acids is 1. The normalized spacial score (nSPS) is 10.7. The molecule has 1 aromatic carbocycles. The highest BCUT2D eigenvalue weighted by Crippen LogP contribution is 2.26. The highest BCUT2D eigenvalue weighted by Gasteiger charge is 2.13. The summed E-state index contributed by atoms with van der Waals surface area (Å²) >= 11 is 8.94. The van der Waals surface area contributed by atoms with Gasteiger partial charge in [-0.2, -0.15) is 0 Å². The van der Waals surface area contributed by atoms with E-state index in [4.69, 9.17) is 11.6 Å². The molecule has 1 N–H and O–H groups in total. The van der Waals surface area contributed by atoms with Crippen LogP contribution in [0.5, 0.6) is 0 Å². The second-order valence-corrected chi connectivity index (χ2v) is 7.83. The monoisotopic (exact) mass is 412 g/mol. The first-order chi connectivity index (χ1) is 13.2. The Hall–Kier alpha value is -2.61. The van der Waals surface area contributed by atoms with Gasteiger partial charge >= 0.3 is 0 Å². The van der Waals surface area contributed by atoms with E-state index < -0.39 is 0 Å². The molecule has 1 amide bonds. The number of halogens is 1. The Bertz CT molecular complexity index is 1080. The van der Waals surface area contributed by atoms with E-state index in [0.29, 0.717) is 17.3 Å². The summed E-state index contributed by atoms with van der Waals surface area (Å²) in [5.74, 6) is -0.222. The minimum atomic E-state index is -0.222. The summed E-state index contributed by atoms with van der Waals surface area (Å²) in [4.78, 5) is 25.3. The average molecular weight is 413 g/mol.